The number of anilines is 1. The van der Waals surface area contributed by atoms with Crippen LogP contribution in [0.25, 0.3) is 0 Å². The van der Waals surface area contributed by atoms with Crippen molar-refractivity contribution in [3.05, 3.63) is 59.2 Å². The molecular formula is C23H28N2O3. The molecule has 5 heteroatoms. The van der Waals surface area contributed by atoms with Crippen LogP contribution in [0.15, 0.2) is 42.5 Å². The summed E-state index contributed by atoms with van der Waals surface area (Å²) in [5.74, 6) is 0.895. The Labute approximate surface area is 166 Å². The molecule has 148 valence electrons. The number of hydrogen-bond acceptors (Lipinski definition) is 3. The minimum atomic E-state index is -0.0510. The molecule has 1 fully saturated rings. The second-order valence-corrected chi connectivity index (χ2v) is 7.42. The maximum Gasteiger partial charge on any atom is 0.227 e. The molecule has 0 radical (unpaired) electrons. The van der Waals surface area contributed by atoms with Gasteiger partial charge in [-0.05, 0) is 61.6 Å². The SMILES string of the molecule is COc1ccc(CC(=O)N2CCC(C(=O)Nc3cccc(C)c3C)CC2)cc1. The maximum atomic E-state index is 12.6. The van der Waals surface area contributed by atoms with Gasteiger partial charge in [0.1, 0.15) is 5.75 Å². The highest BCUT2D eigenvalue weighted by Crippen LogP contribution is 2.23. The zero-order chi connectivity index (χ0) is 20.1. The van der Waals surface area contributed by atoms with Gasteiger partial charge in [-0.25, -0.2) is 0 Å². The molecule has 28 heavy (non-hydrogen) atoms. The standard InChI is InChI=1S/C23H28N2O3/c1-16-5-4-6-21(17(16)2)24-23(27)19-11-13-25(14-12-19)22(26)15-18-7-9-20(28-3)10-8-18/h4-10,19H,11-15H2,1-3H3,(H,24,27). The van der Waals surface area contributed by atoms with Crippen LogP contribution >= 0.6 is 0 Å². The Hall–Kier alpha value is -2.82. The van der Waals surface area contributed by atoms with Crippen molar-refractivity contribution in [2.75, 3.05) is 25.5 Å². The molecule has 1 aliphatic rings. The van der Waals surface area contributed by atoms with Crippen LogP contribution in [0, 0.1) is 19.8 Å². The van der Waals surface area contributed by atoms with Crippen molar-refractivity contribution < 1.29 is 14.3 Å². The summed E-state index contributed by atoms with van der Waals surface area (Å²) in [5.41, 5.74) is 4.11. The smallest absolute Gasteiger partial charge is 0.227 e. The number of methoxy groups -OCH3 is 1. The minimum Gasteiger partial charge on any atom is -0.497 e. The van der Waals surface area contributed by atoms with Gasteiger partial charge in [-0.1, -0.05) is 24.3 Å². The van der Waals surface area contributed by atoms with Gasteiger partial charge in [0.2, 0.25) is 11.8 Å². The largest absolute Gasteiger partial charge is 0.497 e. The van der Waals surface area contributed by atoms with Gasteiger partial charge in [0.15, 0.2) is 0 Å². The van der Waals surface area contributed by atoms with Crippen LogP contribution in [0.1, 0.15) is 29.5 Å². The van der Waals surface area contributed by atoms with Gasteiger partial charge in [0, 0.05) is 24.7 Å². The average Bonchev–Trinajstić information content (AvgIpc) is 2.72. The zero-order valence-corrected chi connectivity index (χ0v) is 16.8. The number of likely N-dealkylation sites (tertiary alicyclic amines) is 1. The first kappa shape index (κ1) is 19.9. The van der Waals surface area contributed by atoms with Crippen molar-refractivity contribution in [1.29, 1.82) is 0 Å². The van der Waals surface area contributed by atoms with Crippen molar-refractivity contribution in [2.24, 2.45) is 5.92 Å². The average molecular weight is 380 g/mol. The topological polar surface area (TPSA) is 58.6 Å². The Morgan fingerprint density at radius 1 is 1.07 bits per heavy atom. The number of rotatable bonds is 5. The summed E-state index contributed by atoms with van der Waals surface area (Å²) in [7, 11) is 1.63. The molecule has 1 heterocycles. The lowest BCUT2D eigenvalue weighted by atomic mass is 9.95. The zero-order valence-electron chi connectivity index (χ0n) is 16.8. The molecule has 2 amide bonds. The van der Waals surface area contributed by atoms with Gasteiger partial charge in [0.05, 0.1) is 13.5 Å². The summed E-state index contributed by atoms with van der Waals surface area (Å²) in [6, 6.07) is 13.5. The molecule has 0 bridgehead atoms. The lowest BCUT2D eigenvalue weighted by molar-refractivity contribution is -0.133. The molecule has 0 atom stereocenters. The number of carbonyl (C=O) groups is 2. The van der Waals surface area contributed by atoms with E-state index in [2.05, 4.69) is 5.32 Å². The van der Waals surface area contributed by atoms with Crippen LogP contribution in [0.4, 0.5) is 5.69 Å². The quantitative estimate of drug-likeness (QED) is 0.860. The van der Waals surface area contributed by atoms with E-state index in [1.807, 2.05) is 61.2 Å². The van der Waals surface area contributed by atoms with Gasteiger partial charge in [-0.3, -0.25) is 9.59 Å². The first-order chi connectivity index (χ1) is 13.5. The van der Waals surface area contributed by atoms with Gasteiger partial charge >= 0.3 is 0 Å². The van der Waals surface area contributed by atoms with Crippen LogP contribution in [0.5, 0.6) is 5.75 Å². The number of nitrogens with zero attached hydrogens (tertiary/aromatic N) is 1. The third kappa shape index (κ3) is 4.71. The highest BCUT2D eigenvalue weighted by atomic mass is 16.5. The van der Waals surface area contributed by atoms with Crippen molar-refractivity contribution in [1.82, 2.24) is 4.90 Å². The number of benzene rings is 2. The molecule has 3 rings (SSSR count). The van der Waals surface area contributed by atoms with Crippen LogP contribution < -0.4 is 10.1 Å². The molecule has 1 saturated heterocycles. The maximum absolute atomic E-state index is 12.6. The van der Waals surface area contributed by atoms with E-state index in [4.69, 9.17) is 4.74 Å². The fourth-order valence-electron chi connectivity index (χ4n) is 3.54. The lowest BCUT2D eigenvalue weighted by Gasteiger charge is -2.31. The Balaban J connectivity index is 1.51. The summed E-state index contributed by atoms with van der Waals surface area (Å²) in [6.45, 7) is 5.31. The van der Waals surface area contributed by atoms with Crippen molar-refractivity contribution in [2.45, 2.75) is 33.1 Å². The summed E-state index contributed by atoms with van der Waals surface area (Å²) < 4.78 is 5.15. The van der Waals surface area contributed by atoms with E-state index < -0.39 is 0 Å². The first-order valence-corrected chi connectivity index (χ1v) is 9.75. The van der Waals surface area contributed by atoms with Crippen LogP contribution in [-0.2, 0) is 16.0 Å². The molecule has 2 aromatic rings. The normalized spacial score (nSPS) is 14.6. The Morgan fingerprint density at radius 2 is 1.75 bits per heavy atom. The molecule has 0 aliphatic carbocycles. The number of carbonyl (C=O) groups excluding carboxylic acids is 2. The van der Waals surface area contributed by atoms with E-state index in [1.54, 1.807) is 7.11 Å². The Morgan fingerprint density at radius 3 is 2.39 bits per heavy atom. The van der Waals surface area contributed by atoms with Crippen LogP contribution in [0.2, 0.25) is 0 Å². The van der Waals surface area contributed by atoms with Crippen molar-refractivity contribution in [3.63, 3.8) is 0 Å². The number of ether oxygens (including phenoxy) is 1. The van der Waals surface area contributed by atoms with E-state index in [-0.39, 0.29) is 17.7 Å². The Kier molecular flexibility index (Phi) is 6.34. The fraction of sp³-hybridized carbons (Fsp3) is 0.391. The summed E-state index contributed by atoms with van der Waals surface area (Å²) in [5, 5.41) is 3.06. The van der Waals surface area contributed by atoms with E-state index in [0.717, 1.165) is 28.1 Å². The summed E-state index contributed by atoms with van der Waals surface area (Å²) in [4.78, 5) is 27.1. The van der Waals surface area contributed by atoms with Gasteiger partial charge in [-0.2, -0.15) is 0 Å². The number of aryl methyl sites for hydroxylation is 1. The predicted octanol–water partition coefficient (Wildman–Crippen LogP) is 3.73. The van der Waals surface area contributed by atoms with Crippen LogP contribution in [0.3, 0.4) is 0 Å². The third-order valence-corrected chi connectivity index (χ3v) is 5.60. The molecule has 0 saturated carbocycles. The van der Waals surface area contributed by atoms with Gasteiger partial charge in [-0.15, -0.1) is 0 Å². The van der Waals surface area contributed by atoms with E-state index in [9.17, 15) is 9.59 Å². The number of hydrogen-bond donors (Lipinski definition) is 1. The predicted molar refractivity (Wildman–Crippen MR) is 111 cm³/mol. The molecule has 0 aromatic heterocycles. The number of amides is 2. The molecule has 1 aliphatic heterocycles. The Bertz CT molecular complexity index is 837. The van der Waals surface area contributed by atoms with E-state index >= 15 is 0 Å². The van der Waals surface area contributed by atoms with Gasteiger partial charge in [0.25, 0.3) is 0 Å². The lowest BCUT2D eigenvalue weighted by Crippen LogP contribution is -2.42. The summed E-state index contributed by atoms with van der Waals surface area (Å²) >= 11 is 0. The number of nitrogens with one attached hydrogen (secondary N) is 1. The fourth-order valence-corrected chi connectivity index (χ4v) is 3.54. The first-order valence-electron chi connectivity index (χ1n) is 9.75. The second kappa shape index (κ2) is 8.91. The molecule has 0 unspecified atom stereocenters. The molecular weight excluding hydrogens is 352 g/mol. The summed E-state index contributed by atoms with van der Waals surface area (Å²) in [6.07, 6.45) is 1.78. The monoisotopic (exact) mass is 380 g/mol. The molecule has 2 aromatic carbocycles. The third-order valence-electron chi connectivity index (χ3n) is 5.60. The van der Waals surface area contributed by atoms with E-state index in [1.165, 1.54) is 0 Å². The molecule has 5 nitrogen and oxygen atoms in total. The minimum absolute atomic E-state index is 0.0510. The van der Waals surface area contributed by atoms with Gasteiger partial charge < -0.3 is 15.0 Å². The number of piperidine rings is 1. The highest BCUT2D eigenvalue weighted by molar-refractivity contribution is 5.93. The molecule has 0 spiro atoms. The second-order valence-electron chi connectivity index (χ2n) is 7.42. The van der Waals surface area contributed by atoms with Crippen molar-refractivity contribution in [3.8, 4) is 5.75 Å². The van der Waals surface area contributed by atoms with E-state index in [0.29, 0.717) is 32.4 Å². The van der Waals surface area contributed by atoms with Crippen LogP contribution in [-0.4, -0.2) is 36.9 Å². The highest BCUT2D eigenvalue weighted by Gasteiger charge is 2.27. The van der Waals surface area contributed by atoms with Crippen molar-refractivity contribution >= 4 is 17.5 Å². The molecule has 1 N–H and O–H groups in total.